The number of carbonyl (C=O) groups is 1. The molecule has 2 aromatic rings. The maximum Gasteiger partial charge on any atom is 0.284 e. The molecule has 1 heterocycles. The lowest BCUT2D eigenvalue weighted by Crippen LogP contribution is -2.26. The Labute approximate surface area is 120 Å². The van der Waals surface area contributed by atoms with Gasteiger partial charge in [0.15, 0.2) is 0 Å². The highest BCUT2D eigenvalue weighted by Crippen LogP contribution is 2.17. The van der Waals surface area contributed by atoms with Crippen molar-refractivity contribution < 1.29 is 9.18 Å². The van der Waals surface area contributed by atoms with E-state index in [-0.39, 0.29) is 18.3 Å². The van der Waals surface area contributed by atoms with Crippen molar-refractivity contribution in [3.05, 3.63) is 40.7 Å². The lowest BCUT2D eigenvalue weighted by Gasteiger charge is -2.15. The smallest absolute Gasteiger partial charge is 0.284 e. The van der Waals surface area contributed by atoms with Crippen LogP contribution in [0.5, 0.6) is 0 Å². The van der Waals surface area contributed by atoms with E-state index in [0.29, 0.717) is 22.2 Å². The van der Waals surface area contributed by atoms with Crippen LogP contribution in [0, 0.1) is 5.82 Å². The number of nitrogens with zero attached hydrogens (tertiary/aromatic N) is 3. The largest absolute Gasteiger partial charge is 0.360 e. The van der Waals surface area contributed by atoms with E-state index in [1.54, 1.807) is 25.2 Å². The summed E-state index contributed by atoms with van der Waals surface area (Å²) in [6, 6.07) is 6.39. The van der Waals surface area contributed by atoms with Gasteiger partial charge in [-0.3, -0.25) is 4.79 Å². The van der Waals surface area contributed by atoms with E-state index >= 15 is 0 Å². The van der Waals surface area contributed by atoms with Crippen LogP contribution in [0.15, 0.2) is 24.3 Å². The third-order valence-electron chi connectivity index (χ3n) is 2.65. The maximum absolute atomic E-state index is 13.5. The molecule has 0 aliphatic rings. The van der Waals surface area contributed by atoms with Crippen molar-refractivity contribution in [2.24, 2.45) is 0 Å². The SMILES string of the molecule is CCNc1nnc(C(=O)N(C)Cc2ccccc2F)s1. The van der Waals surface area contributed by atoms with Crippen LogP contribution < -0.4 is 5.32 Å². The van der Waals surface area contributed by atoms with E-state index in [4.69, 9.17) is 0 Å². The molecule has 0 atom stereocenters. The fraction of sp³-hybridized carbons (Fsp3) is 0.308. The average Bonchev–Trinajstić information content (AvgIpc) is 2.89. The third kappa shape index (κ3) is 3.30. The van der Waals surface area contributed by atoms with Gasteiger partial charge in [-0.15, -0.1) is 10.2 Å². The van der Waals surface area contributed by atoms with Crippen LogP contribution in [0.3, 0.4) is 0 Å². The Morgan fingerprint density at radius 3 is 2.85 bits per heavy atom. The van der Waals surface area contributed by atoms with Crippen molar-refractivity contribution >= 4 is 22.4 Å². The Morgan fingerprint density at radius 1 is 1.40 bits per heavy atom. The molecule has 0 radical (unpaired) electrons. The molecule has 1 aromatic carbocycles. The Hall–Kier alpha value is -2.02. The van der Waals surface area contributed by atoms with Crippen LogP contribution in [0.2, 0.25) is 0 Å². The molecular formula is C13H15FN4OS. The Morgan fingerprint density at radius 2 is 2.15 bits per heavy atom. The zero-order valence-corrected chi connectivity index (χ0v) is 12.1. The van der Waals surface area contributed by atoms with Crippen LogP contribution in [0.4, 0.5) is 9.52 Å². The van der Waals surface area contributed by atoms with Gasteiger partial charge in [0.25, 0.3) is 5.91 Å². The van der Waals surface area contributed by atoms with Gasteiger partial charge in [-0.1, -0.05) is 29.5 Å². The number of rotatable bonds is 5. The minimum atomic E-state index is -0.322. The molecule has 7 heteroatoms. The summed E-state index contributed by atoms with van der Waals surface area (Å²) in [5.41, 5.74) is 0.472. The molecule has 1 aromatic heterocycles. The molecule has 0 unspecified atom stereocenters. The van der Waals surface area contributed by atoms with Gasteiger partial charge >= 0.3 is 0 Å². The van der Waals surface area contributed by atoms with Crippen LogP contribution in [-0.2, 0) is 6.54 Å². The topological polar surface area (TPSA) is 58.1 Å². The maximum atomic E-state index is 13.5. The molecular weight excluding hydrogens is 279 g/mol. The average molecular weight is 294 g/mol. The first-order valence-electron chi connectivity index (χ1n) is 6.18. The summed E-state index contributed by atoms with van der Waals surface area (Å²) in [6.45, 7) is 2.85. The summed E-state index contributed by atoms with van der Waals surface area (Å²) in [6.07, 6.45) is 0. The fourth-order valence-electron chi connectivity index (χ4n) is 1.65. The molecule has 0 saturated heterocycles. The highest BCUT2D eigenvalue weighted by atomic mass is 32.1. The monoisotopic (exact) mass is 294 g/mol. The zero-order valence-electron chi connectivity index (χ0n) is 11.3. The third-order valence-corrected chi connectivity index (χ3v) is 3.52. The van der Waals surface area contributed by atoms with E-state index in [2.05, 4.69) is 15.5 Å². The highest BCUT2D eigenvalue weighted by Gasteiger charge is 2.18. The number of anilines is 1. The molecule has 5 nitrogen and oxygen atoms in total. The summed E-state index contributed by atoms with van der Waals surface area (Å²) in [5, 5.41) is 11.6. The number of benzene rings is 1. The summed E-state index contributed by atoms with van der Waals surface area (Å²) < 4.78 is 13.5. The Kier molecular flexibility index (Phi) is 4.62. The molecule has 0 bridgehead atoms. The summed E-state index contributed by atoms with van der Waals surface area (Å²) in [5.74, 6) is -0.590. The van der Waals surface area contributed by atoms with E-state index < -0.39 is 0 Å². The zero-order chi connectivity index (χ0) is 14.5. The van der Waals surface area contributed by atoms with Gasteiger partial charge in [0.05, 0.1) is 0 Å². The standard InChI is InChI=1S/C13H15FN4OS/c1-3-15-13-17-16-11(20-13)12(19)18(2)8-9-6-4-5-7-10(9)14/h4-7H,3,8H2,1-2H3,(H,15,17). The molecule has 106 valence electrons. The van der Waals surface area contributed by atoms with Crippen molar-refractivity contribution in [3.8, 4) is 0 Å². The van der Waals surface area contributed by atoms with Gasteiger partial charge in [0.2, 0.25) is 10.1 Å². The number of aromatic nitrogens is 2. The quantitative estimate of drug-likeness (QED) is 0.920. The first-order chi connectivity index (χ1) is 9.61. The van der Waals surface area contributed by atoms with Crippen molar-refractivity contribution in [1.82, 2.24) is 15.1 Å². The van der Waals surface area contributed by atoms with Gasteiger partial charge in [0.1, 0.15) is 5.82 Å². The predicted molar refractivity (Wildman–Crippen MR) is 76.3 cm³/mol. The van der Waals surface area contributed by atoms with Crippen molar-refractivity contribution in [1.29, 1.82) is 0 Å². The summed E-state index contributed by atoms with van der Waals surface area (Å²) >= 11 is 1.19. The first-order valence-corrected chi connectivity index (χ1v) is 6.99. The molecule has 0 aliphatic heterocycles. The van der Waals surface area contributed by atoms with E-state index in [1.807, 2.05) is 6.92 Å². The van der Waals surface area contributed by atoms with Gasteiger partial charge in [0, 0.05) is 25.7 Å². The molecule has 1 amide bonds. The number of hydrogen-bond acceptors (Lipinski definition) is 5. The highest BCUT2D eigenvalue weighted by molar-refractivity contribution is 7.17. The second-order valence-corrected chi connectivity index (χ2v) is 5.17. The van der Waals surface area contributed by atoms with E-state index in [9.17, 15) is 9.18 Å². The van der Waals surface area contributed by atoms with Crippen molar-refractivity contribution in [3.63, 3.8) is 0 Å². The number of halogens is 1. The first kappa shape index (κ1) is 14.4. The Balaban J connectivity index is 2.06. The van der Waals surface area contributed by atoms with Gasteiger partial charge < -0.3 is 10.2 Å². The van der Waals surface area contributed by atoms with Crippen LogP contribution >= 0.6 is 11.3 Å². The predicted octanol–water partition coefficient (Wildman–Crippen LogP) is 2.38. The van der Waals surface area contributed by atoms with Gasteiger partial charge in [-0.05, 0) is 13.0 Å². The summed E-state index contributed by atoms with van der Waals surface area (Å²) in [4.78, 5) is 13.6. The van der Waals surface area contributed by atoms with Crippen LogP contribution in [0.1, 0.15) is 22.3 Å². The van der Waals surface area contributed by atoms with Gasteiger partial charge in [-0.25, -0.2) is 4.39 Å². The van der Waals surface area contributed by atoms with Crippen molar-refractivity contribution in [2.45, 2.75) is 13.5 Å². The fourth-order valence-corrected chi connectivity index (χ4v) is 2.46. The molecule has 0 aliphatic carbocycles. The van der Waals surface area contributed by atoms with E-state index in [1.165, 1.54) is 22.3 Å². The molecule has 20 heavy (non-hydrogen) atoms. The summed E-state index contributed by atoms with van der Waals surface area (Å²) in [7, 11) is 1.61. The Bertz CT molecular complexity index is 602. The second kappa shape index (κ2) is 6.42. The minimum absolute atomic E-state index is 0.196. The molecule has 0 spiro atoms. The molecule has 0 fully saturated rings. The number of hydrogen-bond donors (Lipinski definition) is 1. The molecule has 2 rings (SSSR count). The minimum Gasteiger partial charge on any atom is -0.360 e. The van der Waals surface area contributed by atoms with Gasteiger partial charge in [-0.2, -0.15) is 0 Å². The second-order valence-electron chi connectivity index (χ2n) is 4.20. The number of carbonyl (C=O) groups excluding carboxylic acids is 1. The van der Waals surface area contributed by atoms with Crippen molar-refractivity contribution in [2.75, 3.05) is 18.9 Å². The lowest BCUT2D eigenvalue weighted by molar-refractivity contribution is 0.0782. The number of nitrogens with one attached hydrogen (secondary N) is 1. The number of amides is 1. The lowest BCUT2D eigenvalue weighted by atomic mass is 10.2. The molecule has 1 N–H and O–H groups in total. The molecule has 0 saturated carbocycles. The van der Waals surface area contributed by atoms with Crippen LogP contribution in [-0.4, -0.2) is 34.6 Å². The normalized spacial score (nSPS) is 10.3. The van der Waals surface area contributed by atoms with E-state index in [0.717, 1.165) is 0 Å². The van der Waals surface area contributed by atoms with Crippen LogP contribution in [0.25, 0.3) is 0 Å².